The number of benzene rings is 2. The maximum atomic E-state index is 12.6. The van der Waals surface area contributed by atoms with E-state index in [1.54, 1.807) is 12.1 Å². The van der Waals surface area contributed by atoms with Gasteiger partial charge in [-0.1, -0.05) is 18.2 Å². The van der Waals surface area contributed by atoms with Crippen molar-refractivity contribution in [1.82, 2.24) is 14.3 Å². The van der Waals surface area contributed by atoms with Gasteiger partial charge in [0.05, 0.1) is 18.1 Å². The highest BCUT2D eigenvalue weighted by Crippen LogP contribution is 2.24. The van der Waals surface area contributed by atoms with Gasteiger partial charge < -0.3 is 9.30 Å². The smallest absolute Gasteiger partial charge is 0.244 e. The van der Waals surface area contributed by atoms with Gasteiger partial charge in [0.2, 0.25) is 10.0 Å². The molecule has 26 heavy (non-hydrogen) atoms. The number of para-hydroxylation sites is 2. The predicted octanol–water partition coefficient (Wildman–Crippen LogP) is 3.03. The van der Waals surface area contributed by atoms with E-state index in [2.05, 4.69) is 14.3 Å². The summed E-state index contributed by atoms with van der Waals surface area (Å²) in [7, 11) is -2.15. The molecule has 2 aromatic carbocycles. The highest BCUT2D eigenvalue weighted by atomic mass is 32.2. The first-order valence-corrected chi connectivity index (χ1v) is 9.97. The molecule has 3 aromatic rings. The van der Waals surface area contributed by atoms with E-state index in [9.17, 15) is 8.42 Å². The summed E-state index contributed by atoms with van der Waals surface area (Å²) >= 11 is 0. The number of hydrogen-bond donors (Lipinski definition) is 1. The fraction of sp³-hybridized carbons (Fsp3) is 0.316. The summed E-state index contributed by atoms with van der Waals surface area (Å²) in [5, 5.41) is 0. The van der Waals surface area contributed by atoms with E-state index in [1.165, 1.54) is 7.11 Å². The van der Waals surface area contributed by atoms with Crippen LogP contribution in [0.5, 0.6) is 5.75 Å². The minimum atomic E-state index is -3.62. The van der Waals surface area contributed by atoms with E-state index in [4.69, 9.17) is 4.74 Å². The largest absolute Gasteiger partial charge is 0.495 e. The zero-order valence-electron chi connectivity index (χ0n) is 15.2. The van der Waals surface area contributed by atoms with Crippen LogP contribution in [0.4, 0.5) is 0 Å². The monoisotopic (exact) mass is 373 g/mol. The lowest BCUT2D eigenvalue weighted by molar-refractivity contribution is 0.402. The molecule has 0 aliphatic heterocycles. The van der Waals surface area contributed by atoms with Crippen molar-refractivity contribution >= 4 is 21.1 Å². The molecule has 0 fully saturated rings. The Bertz CT molecular complexity index is 1030. The molecule has 0 saturated carbocycles. The topological polar surface area (TPSA) is 73.2 Å². The first-order valence-electron chi connectivity index (χ1n) is 8.48. The fourth-order valence-corrected chi connectivity index (χ4v) is 4.32. The molecule has 0 bridgehead atoms. The first kappa shape index (κ1) is 18.4. The van der Waals surface area contributed by atoms with Gasteiger partial charge in [0, 0.05) is 13.1 Å². The minimum Gasteiger partial charge on any atom is -0.495 e. The van der Waals surface area contributed by atoms with Crippen LogP contribution in [0.3, 0.4) is 0 Å². The SMILES string of the molecule is COc1ccc(C)cc1S(=O)(=O)NCCCn1c(C)nc2ccccc21. The van der Waals surface area contributed by atoms with E-state index in [0.717, 1.165) is 22.4 Å². The lowest BCUT2D eigenvalue weighted by atomic mass is 10.2. The number of fused-ring (bicyclic) bond motifs is 1. The summed E-state index contributed by atoms with van der Waals surface area (Å²) in [6.45, 7) is 4.85. The van der Waals surface area contributed by atoms with Crippen LogP contribution in [0.2, 0.25) is 0 Å². The number of methoxy groups -OCH3 is 1. The molecule has 0 saturated heterocycles. The van der Waals surface area contributed by atoms with Crippen LogP contribution in [0, 0.1) is 13.8 Å². The summed E-state index contributed by atoms with van der Waals surface area (Å²) < 4.78 is 35.1. The van der Waals surface area contributed by atoms with Gasteiger partial charge >= 0.3 is 0 Å². The number of nitrogens with zero attached hydrogens (tertiary/aromatic N) is 2. The number of sulfonamides is 1. The molecule has 138 valence electrons. The fourth-order valence-electron chi connectivity index (χ4n) is 2.99. The van der Waals surface area contributed by atoms with Gasteiger partial charge in [0.25, 0.3) is 0 Å². The third-order valence-corrected chi connectivity index (χ3v) is 5.79. The van der Waals surface area contributed by atoms with Crippen molar-refractivity contribution < 1.29 is 13.2 Å². The molecule has 0 radical (unpaired) electrons. The van der Waals surface area contributed by atoms with Gasteiger partial charge in [-0.2, -0.15) is 0 Å². The summed E-state index contributed by atoms with van der Waals surface area (Å²) in [5.41, 5.74) is 2.88. The summed E-state index contributed by atoms with van der Waals surface area (Å²) in [6.07, 6.45) is 0.661. The van der Waals surface area contributed by atoms with Crippen LogP contribution in [0.1, 0.15) is 17.8 Å². The summed E-state index contributed by atoms with van der Waals surface area (Å²) in [5.74, 6) is 1.27. The van der Waals surface area contributed by atoms with Crippen LogP contribution < -0.4 is 9.46 Å². The van der Waals surface area contributed by atoms with Crippen molar-refractivity contribution in [3.8, 4) is 5.75 Å². The second-order valence-electron chi connectivity index (χ2n) is 6.21. The van der Waals surface area contributed by atoms with Crippen LogP contribution in [0.15, 0.2) is 47.4 Å². The molecule has 1 N–H and O–H groups in total. The molecule has 0 aliphatic rings. The average molecular weight is 373 g/mol. The molecule has 1 heterocycles. The van der Waals surface area contributed by atoms with Crippen LogP contribution in [-0.4, -0.2) is 31.6 Å². The predicted molar refractivity (Wildman–Crippen MR) is 102 cm³/mol. The van der Waals surface area contributed by atoms with Crippen LogP contribution >= 0.6 is 0 Å². The second kappa shape index (κ2) is 7.47. The number of ether oxygens (including phenoxy) is 1. The zero-order valence-corrected chi connectivity index (χ0v) is 16.0. The Morgan fingerprint density at radius 1 is 1.15 bits per heavy atom. The third kappa shape index (κ3) is 3.73. The molecule has 0 unspecified atom stereocenters. The Kier molecular flexibility index (Phi) is 5.29. The highest BCUT2D eigenvalue weighted by Gasteiger charge is 2.19. The standard InChI is InChI=1S/C19H23N3O3S/c1-14-9-10-18(25-3)19(13-14)26(23,24)20-11-6-12-22-15(2)21-16-7-4-5-8-17(16)22/h4-5,7-10,13,20H,6,11-12H2,1-3H3. The lowest BCUT2D eigenvalue weighted by Crippen LogP contribution is -2.26. The number of imidazole rings is 1. The number of hydrogen-bond acceptors (Lipinski definition) is 4. The Morgan fingerprint density at radius 3 is 2.69 bits per heavy atom. The van der Waals surface area contributed by atoms with Crippen molar-refractivity contribution in [3.05, 3.63) is 53.9 Å². The highest BCUT2D eigenvalue weighted by molar-refractivity contribution is 7.89. The van der Waals surface area contributed by atoms with E-state index < -0.39 is 10.0 Å². The minimum absolute atomic E-state index is 0.171. The average Bonchev–Trinajstić information content (AvgIpc) is 2.94. The quantitative estimate of drug-likeness (QED) is 0.646. The van der Waals surface area contributed by atoms with Gasteiger partial charge in [-0.3, -0.25) is 0 Å². The molecule has 3 rings (SSSR count). The summed E-state index contributed by atoms with van der Waals surface area (Å²) in [6, 6.07) is 13.1. The van der Waals surface area contributed by atoms with E-state index in [0.29, 0.717) is 25.3 Å². The lowest BCUT2D eigenvalue weighted by Gasteiger charge is -2.12. The van der Waals surface area contributed by atoms with Crippen LogP contribution in [0.25, 0.3) is 11.0 Å². The van der Waals surface area contributed by atoms with E-state index >= 15 is 0 Å². The van der Waals surface area contributed by atoms with Gasteiger partial charge in [-0.05, 0) is 50.1 Å². The molecule has 1 aromatic heterocycles. The molecular weight excluding hydrogens is 350 g/mol. The molecule has 7 heteroatoms. The molecule has 0 aliphatic carbocycles. The maximum absolute atomic E-state index is 12.6. The number of aromatic nitrogens is 2. The summed E-state index contributed by atoms with van der Waals surface area (Å²) in [4.78, 5) is 4.70. The Hall–Kier alpha value is -2.38. The van der Waals surface area contributed by atoms with Crippen molar-refractivity contribution in [3.63, 3.8) is 0 Å². The van der Waals surface area contributed by atoms with E-state index in [-0.39, 0.29) is 4.90 Å². The zero-order chi connectivity index (χ0) is 18.7. The molecule has 6 nitrogen and oxygen atoms in total. The molecule has 0 atom stereocenters. The maximum Gasteiger partial charge on any atom is 0.244 e. The molecule has 0 spiro atoms. The normalized spacial score (nSPS) is 11.8. The van der Waals surface area contributed by atoms with Crippen LogP contribution in [-0.2, 0) is 16.6 Å². The Labute approximate surface area is 153 Å². The first-order chi connectivity index (χ1) is 12.4. The van der Waals surface area contributed by atoms with Crippen molar-refractivity contribution in [1.29, 1.82) is 0 Å². The number of nitrogens with one attached hydrogen (secondary N) is 1. The number of aryl methyl sites for hydroxylation is 3. The Morgan fingerprint density at radius 2 is 1.92 bits per heavy atom. The van der Waals surface area contributed by atoms with Crippen molar-refractivity contribution in [2.75, 3.05) is 13.7 Å². The third-order valence-electron chi connectivity index (χ3n) is 4.30. The van der Waals surface area contributed by atoms with E-state index in [1.807, 2.05) is 44.2 Å². The molecule has 0 amide bonds. The van der Waals surface area contributed by atoms with Gasteiger partial charge in [0.15, 0.2) is 0 Å². The molecular formula is C19H23N3O3S. The van der Waals surface area contributed by atoms with Gasteiger partial charge in [-0.25, -0.2) is 18.1 Å². The van der Waals surface area contributed by atoms with Gasteiger partial charge in [0.1, 0.15) is 16.5 Å². The second-order valence-corrected chi connectivity index (χ2v) is 7.94. The number of rotatable bonds is 7. The van der Waals surface area contributed by atoms with Crippen molar-refractivity contribution in [2.45, 2.75) is 31.7 Å². The van der Waals surface area contributed by atoms with Gasteiger partial charge in [-0.15, -0.1) is 0 Å². The van der Waals surface area contributed by atoms with Crippen molar-refractivity contribution in [2.24, 2.45) is 0 Å². The Balaban J connectivity index is 1.68.